The van der Waals surface area contributed by atoms with Crippen molar-refractivity contribution in [2.75, 3.05) is 17.7 Å². The van der Waals surface area contributed by atoms with Crippen molar-refractivity contribution in [1.29, 1.82) is 0 Å². The molecule has 0 saturated carbocycles. The van der Waals surface area contributed by atoms with Gasteiger partial charge in [0, 0.05) is 24.2 Å². The van der Waals surface area contributed by atoms with E-state index in [2.05, 4.69) is 73.4 Å². The van der Waals surface area contributed by atoms with Gasteiger partial charge in [0.2, 0.25) is 0 Å². The van der Waals surface area contributed by atoms with Gasteiger partial charge < -0.3 is 10.6 Å². The van der Waals surface area contributed by atoms with Gasteiger partial charge in [0.1, 0.15) is 17.5 Å². The molecule has 0 unspecified atom stereocenters. The Morgan fingerprint density at radius 2 is 1.62 bits per heavy atom. The lowest BCUT2D eigenvalue weighted by atomic mass is 9.96. The number of anilines is 3. The van der Waals surface area contributed by atoms with Crippen LogP contribution in [0, 0.1) is 13.8 Å². The third-order valence-corrected chi connectivity index (χ3v) is 3.30. The monoisotopic (exact) mass is 284 g/mol. The van der Waals surface area contributed by atoms with Crippen LogP contribution in [0.2, 0.25) is 0 Å². The van der Waals surface area contributed by atoms with E-state index >= 15 is 0 Å². The van der Waals surface area contributed by atoms with Gasteiger partial charge in [-0.2, -0.15) is 0 Å². The normalized spacial score (nSPS) is 11.3. The zero-order chi connectivity index (χ0) is 15.6. The first-order valence-electron chi connectivity index (χ1n) is 7.21. The maximum atomic E-state index is 4.65. The molecule has 112 valence electrons. The van der Waals surface area contributed by atoms with Crippen LogP contribution < -0.4 is 10.6 Å². The summed E-state index contributed by atoms with van der Waals surface area (Å²) in [7, 11) is 1.87. The lowest BCUT2D eigenvalue weighted by molar-refractivity contribution is 0.547. The Bertz CT molecular complexity index is 642. The number of nitrogens with one attached hydrogen (secondary N) is 2. The highest BCUT2D eigenvalue weighted by atomic mass is 15.1. The van der Waals surface area contributed by atoms with E-state index in [0.29, 0.717) is 0 Å². The van der Waals surface area contributed by atoms with Crippen LogP contribution in [0.5, 0.6) is 0 Å². The predicted molar refractivity (Wildman–Crippen MR) is 89.5 cm³/mol. The van der Waals surface area contributed by atoms with E-state index in [0.717, 1.165) is 23.1 Å². The first kappa shape index (κ1) is 15.3. The summed E-state index contributed by atoms with van der Waals surface area (Å²) in [6, 6.07) is 8.27. The van der Waals surface area contributed by atoms with Gasteiger partial charge in [-0.25, -0.2) is 9.97 Å². The van der Waals surface area contributed by atoms with E-state index in [1.165, 1.54) is 11.1 Å². The van der Waals surface area contributed by atoms with Crippen LogP contribution in [0.1, 0.15) is 37.7 Å². The highest BCUT2D eigenvalue weighted by Crippen LogP contribution is 2.25. The van der Waals surface area contributed by atoms with E-state index in [9.17, 15) is 0 Å². The van der Waals surface area contributed by atoms with Gasteiger partial charge >= 0.3 is 0 Å². The predicted octanol–water partition coefficient (Wildman–Crippen LogP) is 4.18. The minimum absolute atomic E-state index is 0.0917. The zero-order valence-electron chi connectivity index (χ0n) is 13.7. The van der Waals surface area contributed by atoms with Gasteiger partial charge in [-0.1, -0.05) is 38.5 Å². The molecular formula is C17H24N4. The van der Waals surface area contributed by atoms with E-state index in [1.54, 1.807) is 0 Å². The molecule has 0 amide bonds. The SMILES string of the molecule is CNc1cc(Nc2ccc(C)cc2C)nc(C(C)(C)C)n1. The number of rotatable bonds is 3. The van der Waals surface area contributed by atoms with Gasteiger partial charge in [-0.3, -0.25) is 0 Å². The largest absolute Gasteiger partial charge is 0.373 e. The van der Waals surface area contributed by atoms with E-state index in [4.69, 9.17) is 0 Å². The summed E-state index contributed by atoms with van der Waals surface area (Å²) in [5.41, 5.74) is 3.44. The van der Waals surface area contributed by atoms with E-state index in [-0.39, 0.29) is 5.41 Å². The third-order valence-electron chi connectivity index (χ3n) is 3.30. The van der Waals surface area contributed by atoms with Gasteiger partial charge in [-0.15, -0.1) is 0 Å². The molecule has 0 saturated heterocycles. The van der Waals surface area contributed by atoms with Crippen LogP contribution >= 0.6 is 0 Å². The summed E-state index contributed by atoms with van der Waals surface area (Å²) < 4.78 is 0. The van der Waals surface area contributed by atoms with Crippen LogP contribution in [0.4, 0.5) is 17.3 Å². The van der Waals surface area contributed by atoms with Crippen molar-refractivity contribution in [3.8, 4) is 0 Å². The van der Waals surface area contributed by atoms with Crippen LogP contribution in [0.25, 0.3) is 0 Å². The molecule has 0 aliphatic rings. The Morgan fingerprint density at radius 1 is 0.952 bits per heavy atom. The standard InChI is InChI=1S/C17H24N4/c1-11-7-8-13(12(2)9-11)19-15-10-14(18-6)20-16(21-15)17(3,4)5/h7-10H,1-6H3,(H2,18,19,20,21). The van der Waals surface area contributed by atoms with Crippen LogP contribution in [0.3, 0.4) is 0 Å². The molecule has 0 spiro atoms. The molecule has 4 nitrogen and oxygen atoms in total. The highest BCUT2D eigenvalue weighted by Gasteiger charge is 2.19. The molecule has 0 aliphatic heterocycles. The number of aromatic nitrogens is 2. The molecule has 0 bridgehead atoms. The molecule has 0 radical (unpaired) electrons. The van der Waals surface area contributed by atoms with E-state index < -0.39 is 0 Å². The Kier molecular flexibility index (Phi) is 4.16. The summed E-state index contributed by atoms with van der Waals surface area (Å²) in [6.45, 7) is 10.5. The van der Waals surface area contributed by atoms with Crippen molar-refractivity contribution in [2.24, 2.45) is 0 Å². The van der Waals surface area contributed by atoms with E-state index in [1.807, 2.05) is 13.1 Å². The summed E-state index contributed by atoms with van der Waals surface area (Å²) in [5, 5.41) is 6.49. The highest BCUT2D eigenvalue weighted by molar-refractivity contribution is 5.63. The first-order valence-corrected chi connectivity index (χ1v) is 7.21. The molecule has 0 aliphatic carbocycles. The lowest BCUT2D eigenvalue weighted by Crippen LogP contribution is -2.17. The second kappa shape index (κ2) is 5.72. The third kappa shape index (κ3) is 3.72. The topological polar surface area (TPSA) is 49.8 Å². The van der Waals surface area contributed by atoms with Crippen LogP contribution in [-0.4, -0.2) is 17.0 Å². The molecule has 1 aromatic heterocycles. The summed E-state index contributed by atoms with van der Waals surface area (Å²) in [6.07, 6.45) is 0. The molecule has 1 heterocycles. The number of hydrogen-bond donors (Lipinski definition) is 2. The molecular weight excluding hydrogens is 260 g/mol. The Labute approximate surface area is 127 Å². The minimum atomic E-state index is -0.0917. The second-order valence-electron chi connectivity index (χ2n) is 6.41. The van der Waals surface area contributed by atoms with Gasteiger partial charge in [0.25, 0.3) is 0 Å². The fraction of sp³-hybridized carbons (Fsp3) is 0.412. The summed E-state index contributed by atoms with van der Waals surface area (Å²) in [5.74, 6) is 2.45. The average Bonchev–Trinajstić information content (AvgIpc) is 2.40. The van der Waals surface area contributed by atoms with Crippen LogP contribution in [-0.2, 0) is 5.41 Å². The Hall–Kier alpha value is -2.10. The van der Waals surface area contributed by atoms with Crippen molar-refractivity contribution in [3.05, 3.63) is 41.2 Å². The maximum Gasteiger partial charge on any atom is 0.138 e. The summed E-state index contributed by atoms with van der Waals surface area (Å²) in [4.78, 5) is 9.19. The van der Waals surface area contributed by atoms with Crippen molar-refractivity contribution in [3.63, 3.8) is 0 Å². The number of hydrogen-bond acceptors (Lipinski definition) is 4. The van der Waals surface area contributed by atoms with Crippen molar-refractivity contribution in [1.82, 2.24) is 9.97 Å². The fourth-order valence-corrected chi connectivity index (χ4v) is 2.07. The lowest BCUT2D eigenvalue weighted by Gasteiger charge is -2.19. The molecule has 1 aromatic carbocycles. The average molecular weight is 284 g/mol. The minimum Gasteiger partial charge on any atom is -0.373 e. The van der Waals surface area contributed by atoms with Gasteiger partial charge in [-0.05, 0) is 25.5 Å². The number of benzene rings is 1. The van der Waals surface area contributed by atoms with Crippen LogP contribution in [0.15, 0.2) is 24.3 Å². The Morgan fingerprint density at radius 3 is 2.19 bits per heavy atom. The Balaban J connectivity index is 2.39. The van der Waals surface area contributed by atoms with Gasteiger partial charge in [0.05, 0.1) is 0 Å². The molecule has 2 rings (SSSR count). The molecule has 2 N–H and O–H groups in total. The van der Waals surface area contributed by atoms with Crippen molar-refractivity contribution in [2.45, 2.75) is 40.0 Å². The fourth-order valence-electron chi connectivity index (χ4n) is 2.07. The number of nitrogens with zero attached hydrogens (tertiary/aromatic N) is 2. The first-order chi connectivity index (χ1) is 9.79. The zero-order valence-corrected chi connectivity index (χ0v) is 13.7. The quantitative estimate of drug-likeness (QED) is 0.888. The maximum absolute atomic E-state index is 4.65. The summed E-state index contributed by atoms with van der Waals surface area (Å²) >= 11 is 0. The second-order valence-corrected chi connectivity index (χ2v) is 6.41. The molecule has 0 fully saturated rings. The molecule has 2 aromatic rings. The smallest absolute Gasteiger partial charge is 0.138 e. The van der Waals surface area contributed by atoms with Crippen molar-refractivity contribution < 1.29 is 0 Å². The van der Waals surface area contributed by atoms with Crippen molar-refractivity contribution >= 4 is 17.3 Å². The molecule has 4 heteroatoms. The molecule has 0 atom stereocenters. The molecule has 21 heavy (non-hydrogen) atoms. The number of aryl methyl sites for hydroxylation is 2. The van der Waals surface area contributed by atoms with Gasteiger partial charge in [0.15, 0.2) is 0 Å².